The Morgan fingerprint density at radius 3 is 2.69 bits per heavy atom. The lowest BCUT2D eigenvalue weighted by molar-refractivity contribution is -0.115. The zero-order valence-electron chi connectivity index (χ0n) is 16.5. The first kappa shape index (κ1) is 21.2. The fourth-order valence-corrected chi connectivity index (χ4v) is 4.12. The van der Waals surface area contributed by atoms with Gasteiger partial charge in [-0.25, -0.2) is 0 Å². The van der Waals surface area contributed by atoms with Gasteiger partial charge in [-0.2, -0.15) is 0 Å². The van der Waals surface area contributed by atoms with E-state index in [-0.39, 0.29) is 24.5 Å². The number of hydrogen-bond donors (Lipinski definition) is 2. The Labute approximate surface area is 175 Å². The second kappa shape index (κ2) is 10.9. The maximum absolute atomic E-state index is 12.6. The lowest BCUT2D eigenvalue weighted by Gasteiger charge is -2.12. The number of rotatable bonds is 9. The number of carbonyl (C=O) groups is 2. The molecule has 0 bridgehead atoms. The third kappa shape index (κ3) is 6.51. The van der Waals surface area contributed by atoms with E-state index < -0.39 is 0 Å². The predicted octanol–water partition coefficient (Wildman–Crippen LogP) is 3.72. The SMILES string of the molecule is CCOc1ccc(NC(=O)CNC(=O)c2ccccc2SCC2CCCO2)cc1. The quantitative estimate of drug-likeness (QED) is 0.612. The molecular formula is C22H26N2O4S. The topological polar surface area (TPSA) is 76.7 Å². The molecule has 0 aromatic heterocycles. The van der Waals surface area contributed by atoms with Crippen molar-refractivity contribution in [3.05, 3.63) is 54.1 Å². The highest BCUT2D eigenvalue weighted by atomic mass is 32.2. The first-order chi connectivity index (χ1) is 14.2. The number of nitrogens with one attached hydrogen (secondary N) is 2. The minimum absolute atomic E-state index is 0.100. The van der Waals surface area contributed by atoms with Gasteiger partial charge in [0.15, 0.2) is 0 Å². The molecule has 1 unspecified atom stereocenters. The summed E-state index contributed by atoms with van der Waals surface area (Å²) in [6, 6.07) is 14.5. The maximum atomic E-state index is 12.6. The molecule has 0 aliphatic carbocycles. The van der Waals surface area contributed by atoms with Gasteiger partial charge in [0.25, 0.3) is 5.91 Å². The molecule has 0 radical (unpaired) electrons. The highest BCUT2D eigenvalue weighted by Gasteiger charge is 2.18. The Hall–Kier alpha value is -2.51. The summed E-state index contributed by atoms with van der Waals surface area (Å²) in [4.78, 5) is 25.6. The number of carbonyl (C=O) groups excluding carboxylic acids is 2. The molecule has 2 N–H and O–H groups in total. The van der Waals surface area contributed by atoms with Gasteiger partial charge < -0.3 is 20.1 Å². The molecule has 1 atom stereocenters. The Morgan fingerprint density at radius 2 is 1.97 bits per heavy atom. The molecule has 1 heterocycles. The van der Waals surface area contributed by atoms with Crippen LogP contribution in [0.2, 0.25) is 0 Å². The van der Waals surface area contributed by atoms with Crippen LogP contribution in [-0.4, -0.2) is 43.4 Å². The Balaban J connectivity index is 1.50. The first-order valence-corrected chi connectivity index (χ1v) is 10.8. The van der Waals surface area contributed by atoms with E-state index in [1.54, 1.807) is 42.1 Å². The van der Waals surface area contributed by atoms with Gasteiger partial charge in [0.05, 0.1) is 24.8 Å². The monoisotopic (exact) mass is 414 g/mol. The molecule has 1 fully saturated rings. The minimum Gasteiger partial charge on any atom is -0.494 e. The van der Waals surface area contributed by atoms with Crippen molar-refractivity contribution in [3.63, 3.8) is 0 Å². The van der Waals surface area contributed by atoms with E-state index in [1.165, 1.54) is 0 Å². The van der Waals surface area contributed by atoms with Crippen molar-refractivity contribution in [3.8, 4) is 5.75 Å². The van der Waals surface area contributed by atoms with E-state index in [0.717, 1.165) is 35.8 Å². The maximum Gasteiger partial charge on any atom is 0.252 e. The summed E-state index contributed by atoms with van der Waals surface area (Å²) in [7, 11) is 0. The third-order valence-corrected chi connectivity index (χ3v) is 5.64. The van der Waals surface area contributed by atoms with Crippen LogP contribution in [0.4, 0.5) is 5.69 Å². The lowest BCUT2D eigenvalue weighted by atomic mass is 10.2. The van der Waals surface area contributed by atoms with Crippen LogP contribution in [-0.2, 0) is 9.53 Å². The van der Waals surface area contributed by atoms with Crippen molar-refractivity contribution in [2.24, 2.45) is 0 Å². The first-order valence-electron chi connectivity index (χ1n) is 9.80. The summed E-state index contributed by atoms with van der Waals surface area (Å²) in [5.41, 5.74) is 1.23. The smallest absolute Gasteiger partial charge is 0.252 e. The summed E-state index contributed by atoms with van der Waals surface area (Å²) in [6.07, 6.45) is 2.40. The van der Waals surface area contributed by atoms with Crippen molar-refractivity contribution in [2.75, 3.05) is 30.8 Å². The number of hydrogen-bond acceptors (Lipinski definition) is 5. The van der Waals surface area contributed by atoms with Crippen LogP contribution in [0.3, 0.4) is 0 Å². The van der Waals surface area contributed by atoms with Crippen molar-refractivity contribution >= 4 is 29.3 Å². The van der Waals surface area contributed by atoms with Crippen LogP contribution in [0, 0.1) is 0 Å². The van der Waals surface area contributed by atoms with E-state index >= 15 is 0 Å². The summed E-state index contributed by atoms with van der Waals surface area (Å²) in [5.74, 6) is 1.02. The minimum atomic E-state index is -0.285. The molecule has 7 heteroatoms. The molecular weight excluding hydrogens is 388 g/mol. The van der Waals surface area contributed by atoms with E-state index in [4.69, 9.17) is 9.47 Å². The molecule has 0 spiro atoms. The van der Waals surface area contributed by atoms with Gasteiger partial charge in [-0.15, -0.1) is 11.8 Å². The van der Waals surface area contributed by atoms with Crippen molar-refractivity contribution in [1.82, 2.24) is 5.32 Å². The van der Waals surface area contributed by atoms with Crippen LogP contribution in [0.15, 0.2) is 53.4 Å². The lowest BCUT2D eigenvalue weighted by Crippen LogP contribution is -2.33. The molecule has 3 rings (SSSR count). The van der Waals surface area contributed by atoms with Gasteiger partial charge in [-0.3, -0.25) is 9.59 Å². The molecule has 1 aliphatic heterocycles. The van der Waals surface area contributed by atoms with Gasteiger partial charge in [-0.05, 0) is 56.2 Å². The van der Waals surface area contributed by atoms with Crippen LogP contribution >= 0.6 is 11.8 Å². The Morgan fingerprint density at radius 1 is 1.17 bits per heavy atom. The van der Waals surface area contributed by atoms with E-state index in [9.17, 15) is 9.59 Å². The summed E-state index contributed by atoms with van der Waals surface area (Å²) in [6.45, 7) is 3.22. The van der Waals surface area contributed by atoms with Crippen LogP contribution in [0.5, 0.6) is 5.75 Å². The number of amides is 2. The van der Waals surface area contributed by atoms with Gasteiger partial charge in [0.2, 0.25) is 5.91 Å². The average molecular weight is 415 g/mol. The van der Waals surface area contributed by atoms with Gasteiger partial charge >= 0.3 is 0 Å². The molecule has 2 aromatic rings. The number of ether oxygens (including phenoxy) is 2. The molecule has 29 heavy (non-hydrogen) atoms. The van der Waals surface area contributed by atoms with Gasteiger partial charge in [0.1, 0.15) is 5.75 Å². The van der Waals surface area contributed by atoms with Crippen molar-refractivity contribution in [1.29, 1.82) is 0 Å². The van der Waals surface area contributed by atoms with Crippen LogP contribution in [0.1, 0.15) is 30.1 Å². The zero-order chi connectivity index (χ0) is 20.5. The van der Waals surface area contributed by atoms with E-state index in [2.05, 4.69) is 10.6 Å². The Kier molecular flexibility index (Phi) is 7.95. The normalized spacial score (nSPS) is 15.7. The molecule has 0 saturated carbocycles. The summed E-state index contributed by atoms with van der Waals surface area (Å²) in [5, 5.41) is 5.46. The molecule has 1 saturated heterocycles. The van der Waals surface area contributed by atoms with E-state index in [0.29, 0.717) is 17.9 Å². The molecule has 1 aliphatic rings. The summed E-state index contributed by atoms with van der Waals surface area (Å²) < 4.78 is 11.0. The average Bonchev–Trinajstić information content (AvgIpc) is 3.26. The second-order valence-corrected chi connectivity index (χ2v) is 7.69. The fourth-order valence-electron chi connectivity index (χ4n) is 3.00. The second-order valence-electron chi connectivity index (χ2n) is 6.63. The fraction of sp³-hybridized carbons (Fsp3) is 0.364. The van der Waals surface area contributed by atoms with Gasteiger partial charge in [0, 0.05) is 22.9 Å². The van der Waals surface area contributed by atoms with Crippen molar-refractivity contribution < 1.29 is 19.1 Å². The highest BCUT2D eigenvalue weighted by molar-refractivity contribution is 7.99. The molecule has 2 amide bonds. The number of anilines is 1. The largest absolute Gasteiger partial charge is 0.494 e. The molecule has 6 nitrogen and oxygen atoms in total. The number of benzene rings is 2. The molecule has 2 aromatic carbocycles. The van der Waals surface area contributed by atoms with Crippen LogP contribution < -0.4 is 15.4 Å². The predicted molar refractivity (Wildman–Crippen MR) is 115 cm³/mol. The van der Waals surface area contributed by atoms with Gasteiger partial charge in [-0.1, -0.05) is 12.1 Å². The van der Waals surface area contributed by atoms with Crippen molar-refractivity contribution in [2.45, 2.75) is 30.8 Å². The Bertz CT molecular complexity index is 820. The summed E-state index contributed by atoms with van der Waals surface area (Å²) >= 11 is 1.62. The van der Waals surface area contributed by atoms with E-state index in [1.807, 2.05) is 25.1 Å². The number of thioether (sulfide) groups is 1. The molecule has 154 valence electrons. The zero-order valence-corrected chi connectivity index (χ0v) is 17.3. The standard InChI is InChI=1S/C22H26N2O4S/c1-2-27-17-11-9-16(10-12-17)24-21(25)14-23-22(26)19-7-3-4-8-20(19)29-15-18-6-5-13-28-18/h3-4,7-12,18H,2,5-6,13-15H2,1H3,(H,23,26)(H,24,25). The third-order valence-electron chi connectivity index (χ3n) is 4.44. The van der Waals surface area contributed by atoms with Crippen LogP contribution in [0.25, 0.3) is 0 Å². The highest BCUT2D eigenvalue weighted by Crippen LogP contribution is 2.26.